The maximum atomic E-state index is 14.1. The van der Waals surface area contributed by atoms with Crippen molar-refractivity contribution in [3.8, 4) is 11.5 Å². The number of halogens is 3. The predicted octanol–water partition coefficient (Wildman–Crippen LogP) is 6.44. The largest absolute Gasteiger partial charge is 0.493 e. The first kappa shape index (κ1) is 23.8. The molecule has 1 heterocycles. The van der Waals surface area contributed by atoms with E-state index in [0.717, 1.165) is 16.7 Å². The lowest BCUT2D eigenvalue weighted by molar-refractivity contribution is -0.123. The smallest absolute Gasteiger partial charge is 0.293 e. The van der Waals surface area contributed by atoms with Gasteiger partial charge in [0.05, 0.1) is 18.6 Å². The van der Waals surface area contributed by atoms with Gasteiger partial charge in [0.1, 0.15) is 18.2 Å². The predicted molar refractivity (Wildman–Crippen MR) is 127 cm³/mol. The van der Waals surface area contributed by atoms with Crippen LogP contribution in [0, 0.1) is 11.6 Å². The second-order valence-corrected chi connectivity index (χ2v) is 8.66. The summed E-state index contributed by atoms with van der Waals surface area (Å²) in [5, 5.41) is -0.383. The molecule has 34 heavy (non-hydrogen) atoms. The van der Waals surface area contributed by atoms with Crippen molar-refractivity contribution >= 4 is 40.6 Å². The molecule has 0 saturated carbocycles. The van der Waals surface area contributed by atoms with Crippen LogP contribution in [-0.4, -0.2) is 23.2 Å². The molecular weight excluding hydrogens is 484 g/mol. The molecule has 0 bridgehead atoms. The van der Waals surface area contributed by atoms with Crippen LogP contribution in [0.2, 0.25) is 5.02 Å². The van der Waals surface area contributed by atoms with Gasteiger partial charge in [0.25, 0.3) is 11.1 Å². The molecule has 4 rings (SSSR count). The monoisotopic (exact) mass is 501 g/mol. The van der Waals surface area contributed by atoms with Crippen molar-refractivity contribution in [3.05, 3.63) is 98.9 Å². The molecule has 5 nitrogen and oxygen atoms in total. The zero-order valence-electron chi connectivity index (χ0n) is 17.9. The molecule has 0 aliphatic carbocycles. The molecule has 2 amide bonds. The van der Waals surface area contributed by atoms with Gasteiger partial charge in [-0.2, -0.15) is 0 Å². The Kier molecular flexibility index (Phi) is 7.19. The fraction of sp³-hybridized carbons (Fsp3) is 0.120. The van der Waals surface area contributed by atoms with E-state index in [0.29, 0.717) is 22.6 Å². The van der Waals surface area contributed by atoms with Crippen LogP contribution in [0.25, 0.3) is 6.08 Å². The van der Waals surface area contributed by atoms with Crippen LogP contribution in [-0.2, 0) is 17.9 Å². The van der Waals surface area contributed by atoms with Crippen LogP contribution in [0.4, 0.5) is 13.6 Å². The quantitative estimate of drug-likeness (QED) is 0.349. The number of ether oxygens (including phenoxy) is 2. The third-order valence-electron chi connectivity index (χ3n) is 5.08. The van der Waals surface area contributed by atoms with Crippen molar-refractivity contribution in [1.82, 2.24) is 4.90 Å². The van der Waals surface area contributed by atoms with E-state index in [1.54, 1.807) is 36.4 Å². The van der Waals surface area contributed by atoms with Gasteiger partial charge in [-0.1, -0.05) is 41.9 Å². The third kappa shape index (κ3) is 5.08. The van der Waals surface area contributed by atoms with Gasteiger partial charge in [-0.25, -0.2) is 8.78 Å². The van der Waals surface area contributed by atoms with Gasteiger partial charge in [-0.3, -0.25) is 14.5 Å². The number of thioether (sulfide) groups is 1. The first-order valence-corrected chi connectivity index (χ1v) is 11.3. The van der Waals surface area contributed by atoms with Gasteiger partial charge in [0.2, 0.25) is 0 Å². The molecule has 1 aliphatic heterocycles. The average molecular weight is 502 g/mol. The highest BCUT2D eigenvalue weighted by molar-refractivity contribution is 8.18. The summed E-state index contributed by atoms with van der Waals surface area (Å²) in [6.45, 7) is -0.250. The number of nitrogens with zero attached hydrogens (tertiary/aromatic N) is 1. The van der Waals surface area contributed by atoms with Crippen molar-refractivity contribution in [2.24, 2.45) is 0 Å². The maximum Gasteiger partial charge on any atom is 0.293 e. The Morgan fingerprint density at radius 2 is 1.76 bits per heavy atom. The molecular formula is C25H18ClF2NO4S. The molecule has 0 aromatic heterocycles. The number of methoxy groups -OCH3 is 1. The van der Waals surface area contributed by atoms with Crippen molar-refractivity contribution in [3.63, 3.8) is 0 Å². The van der Waals surface area contributed by atoms with Crippen LogP contribution >= 0.6 is 23.4 Å². The molecule has 174 valence electrons. The molecule has 0 radical (unpaired) electrons. The number of carbonyl (C=O) groups is 2. The lowest BCUT2D eigenvalue weighted by Gasteiger charge is -2.14. The summed E-state index contributed by atoms with van der Waals surface area (Å²) < 4.78 is 39.0. The van der Waals surface area contributed by atoms with Gasteiger partial charge in [-0.05, 0) is 53.7 Å². The van der Waals surface area contributed by atoms with Gasteiger partial charge in [0, 0.05) is 16.1 Å². The van der Waals surface area contributed by atoms with E-state index < -0.39 is 17.0 Å². The van der Waals surface area contributed by atoms with Gasteiger partial charge >= 0.3 is 0 Å². The van der Waals surface area contributed by atoms with Crippen LogP contribution in [0.15, 0.2) is 65.6 Å². The highest BCUT2D eigenvalue weighted by atomic mass is 35.5. The highest BCUT2D eigenvalue weighted by Gasteiger charge is 2.36. The normalized spacial score (nSPS) is 14.7. The zero-order valence-corrected chi connectivity index (χ0v) is 19.5. The summed E-state index contributed by atoms with van der Waals surface area (Å²) in [7, 11) is 1.46. The number of rotatable bonds is 7. The van der Waals surface area contributed by atoms with Crippen molar-refractivity contribution in [1.29, 1.82) is 0 Å². The highest BCUT2D eigenvalue weighted by Crippen LogP contribution is 2.36. The second kappa shape index (κ2) is 10.3. The van der Waals surface area contributed by atoms with Crippen molar-refractivity contribution in [2.75, 3.05) is 7.11 Å². The Bertz CT molecular complexity index is 1280. The molecule has 3 aromatic carbocycles. The lowest BCUT2D eigenvalue weighted by atomic mass is 10.1. The SMILES string of the molecule is COc1cc(/C=C2/SC(=O)N(Cc3c(F)cccc3Cl)C2=O)ccc1OCc1ccccc1F. The number of amides is 2. The van der Waals surface area contributed by atoms with Gasteiger partial charge in [0.15, 0.2) is 11.5 Å². The van der Waals surface area contributed by atoms with Gasteiger partial charge < -0.3 is 9.47 Å². The molecule has 0 unspecified atom stereocenters. The Hall–Kier alpha value is -3.36. The average Bonchev–Trinajstić information content (AvgIpc) is 3.08. The van der Waals surface area contributed by atoms with Crippen LogP contribution in [0.3, 0.4) is 0 Å². The number of hydrogen-bond acceptors (Lipinski definition) is 5. The van der Waals surface area contributed by atoms with E-state index in [2.05, 4.69) is 0 Å². The second-order valence-electron chi connectivity index (χ2n) is 7.26. The molecule has 1 aliphatic rings. The van der Waals surface area contributed by atoms with E-state index in [-0.39, 0.29) is 34.5 Å². The Morgan fingerprint density at radius 3 is 2.50 bits per heavy atom. The van der Waals surface area contributed by atoms with E-state index in [1.807, 2.05) is 0 Å². The minimum atomic E-state index is -0.591. The third-order valence-corrected chi connectivity index (χ3v) is 6.34. The van der Waals surface area contributed by atoms with E-state index >= 15 is 0 Å². The zero-order chi connectivity index (χ0) is 24.2. The number of benzene rings is 3. The number of imide groups is 1. The molecule has 1 saturated heterocycles. The first-order chi connectivity index (χ1) is 16.4. The Morgan fingerprint density at radius 1 is 1.00 bits per heavy atom. The van der Waals surface area contributed by atoms with E-state index in [9.17, 15) is 18.4 Å². The van der Waals surface area contributed by atoms with Gasteiger partial charge in [-0.15, -0.1) is 0 Å². The minimum Gasteiger partial charge on any atom is -0.493 e. The molecule has 0 atom stereocenters. The fourth-order valence-electron chi connectivity index (χ4n) is 3.29. The fourth-order valence-corrected chi connectivity index (χ4v) is 4.35. The lowest BCUT2D eigenvalue weighted by Crippen LogP contribution is -2.28. The summed E-state index contributed by atoms with van der Waals surface area (Å²) in [6.07, 6.45) is 1.54. The summed E-state index contributed by atoms with van der Waals surface area (Å²) in [5.41, 5.74) is 1.06. The summed E-state index contributed by atoms with van der Waals surface area (Å²) in [6, 6.07) is 15.4. The number of carbonyl (C=O) groups excluding carboxylic acids is 2. The van der Waals surface area contributed by atoms with Crippen LogP contribution in [0.5, 0.6) is 11.5 Å². The standard InChI is InChI=1S/C25H18ClF2NO4S/c1-32-22-11-15(9-10-21(22)33-14-16-5-2-3-7-19(16)27)12-23-24(30)29(25(31)34-23)13-17-18(26)6-4-8-20(17)28/h2-12H,13-14H2,1H3/b23-12+. The van der Waals surface area contributed by atoms with Crippen molar-refractivity contribution in [2.45, 2.75) is 13.2 Å². The maximum absolute atomic E-state index is 14.1. The molecule has 0 N–H and O–H groups in total. The summed E-state index contributed by atoms with van der Waals surface area (Å²) in [4.78, 5) is 26.4. The summed E-state index contributed by atoms with van der Waals surface area (Å²) >= 11 is 6.79. The number of hydrogen-bond donors (Lipinski definition) is 0. The molecule has 1 fully saturated rings. The topological polar surface area (TPSA) is 55.8 Å². The minimum absolute atomic E-state index is 0.0138. The van der Waals surface area contributed by atoms with E-state index in [1.165, 1.54) is 37.5 Å². The van der Waals surface area contributed by atoms with Crippen molar-refractivity contribution < 1.29 is 27.8 Å². The Labute approximate surface area is 203 Å². The molecule has 3 aromatic rings. The van der Waals surface area contributed by atoms with Crippen LogP contribution in [0.1, 0.15) is 16.7 Å². The first-order valence-electron chi connectivity index (χ1n) is 10.1. The Balaban J connectivity index is 1.51. The molecule has 0 spiro atoms. The molecule has 9 heteroatoms. The summed E-state index contributed by atoms with van der Waals surface area (Å²) in [5.74, 6) is -0.738. The van der Waals surface area contributed by atoms with Crippen LogP contribution < -0.4 is 9.47 Å². The van der Waals surface area contributed by atoms with E-state index in [4.69, 9.17) is 21.1 Å².